The van der Waals surface area contributed by atoms with Crippen molar-refractivity contribution in [1.82, 2.24) is 15.4 Å². The van der Waals surface area contributed by atoms with Crippen molar-refractivity contribution in [1.29, 1.82) is 0 Å². The summed E-state index contributed by atoms with van der Waals surface area (Å²) in [5.41, 5.74) is 5.14. The molecule has 0 atom stereocenters. The zero-order chi connectivity index (χ0) is 17.5. The lowest BCUT2D eigenvalue weighted by molar-refractivity contribution is 0.167. The third-order valence-corrected chi connectivity index (χ3v) is 3.18. The largest absolute Gasteiger partial charge is 0.450 e. The molecule has 24 heavy (non-hydrogen) atoms. The number of carbonyl (C=O) groups excluding carboxylic acids is 1. The number of amides is 1. The Morgan fingerprint density at radius 2 is 2.00 bits per heavy atom. The summed E-state index contributed by atoms with van der Waals surface area (Å²) in [6.07, 6.45) is 0.874. The number of anilines is 1. The maximum Gasteiger partial charge on any atom is 0.414 e. The Morgan fingerprint density at radius 3 is 2.62 bits per heavy atom. The molecular formula is C16H18FN5O2. The summed E-state index contributed by atoms with van der Waals surface area (Å²) >= 11 is 0. The van der Waals surface area contributed by atoms with E-state index in [0.717, 1.165) is 0 Å². The smallest absolute Gasteiger partial charge is 0.414 e. The molecule has 8 heteroatoms. The first-order valence-electron chi connectivity index (χ1n) is 7.25. The number of rotatable bonds is 5. The minimum Gasteiger partial charge on any atom is -0.450 e. The number of nitrogens with one attached hydrogen (secondary N) is 2. The molecule has 0 aliphatic heterocycles. The van der Waals surface area contributed by atoms with Crippen LogP contribution in [0.4, 0.5) is 15.1 Å². The van der Waals surface area contributed by atoms with Gasteiger partial charge in [-0.1, -0.05) is 0 Å². The van der Waals surface area contributed by atoms with Gasteiger partial charge in [-0.25, -0.2) is 19.2 Å². The quantitative estimate of drug-likeness (QED) is 0.575. The van der Waals surface area contributed by atoms with Crippen molar-refractivity contribution in [3.05, 3.63) is 53.6 Å². The van der Waals surface area contributed by atoms with Crippen molar-refractivity contribution in [2.75, 3.05) is 11.9 Å². The molecule has 1 amide bonds. The molecule has 0 fully saturated rings. The molecule has 0 spiro atoms. The van der Waals surface area contributed by atoms with Crippen molar-refractivity contribution in [2.24, 2.45) is 5.84 Å². The van der Waals surface area contributed by atoms with E-state index in [2.05, 4.69) is 20.7 Å². The van der Waals surface area contributed by atoms with Gasteiger partial charge in [0.2, 0.25) is 5.95 Å². The predicted molar refractivity (Wildman–Crippen MR) is 88.9 cm³/mol. The summed E-state index contributed by atoms with van der Waals surface area (Å²) in [6, 6.07) is 7.56. The molecule has 0 aliphatic carbocycles. The van der Waals surface area contributed by atoms with Gasteiger partial charge in [0.25, 0.3) is 0 Å². The highest BCUT2D eigenvalue weighted by molar-refractivity contribution is 5.88. The van der Waals surface area contributed by atoms with Gasteiger partial charge in [0, 0.05) is 6.20 Å². The first kappa shape index (κ1) is 17.4. The molecule has 1 aromatic heterocycles. The van der Waals surface area contributed by atoms with E-state index < -0.39 is 6.09 Å². The minimum atomic E-state index is -0.632. The van der Waals surface area contributed by atoms with Gasteiger partial charge in [-0.05, 0) is 55.3 Å². The molecule has 2 rings (SSSR count). The van der Waals surface area contributed by atoms with Crippen LogP contribution in [0.5, 0.6) is 0 Å². The predicted octanol–water partition coefficient (Wildman–Crippen LogP) is 2.54. The highest BCUT2D eigenvalue weighted by Gasteiger charge is 2.11. The van der Waals surface area contributed by atoms with Crippen molar-refractivity contribution in [3.63, 3.8) is 0 Å². The van der Waals surface area contributed by atoms with Gasteiger partial charge >= 0.3 is 6.09 Å². The van der Waals surface area contributed by atoms with E-state index in [1.165, 1.54) is 18.3 Å². The average Bonchev–Trinajstić information content (AvgIpc) is 2.57. The molecule has 2 aromatic rings. The monoisotopic (exact) mass is 331 g/mol. The zero-order valence-corrected chi connectivity index (χ0v) is 13.3. The van der Waals surface area contributed by atoms with Crippen molar-refractivity contribution in [3.8, 4) is 0 Å². The van der Waals surface area contributed by atoms with Crippen LogP contribution in [0.15, 0.2) is 36.5 Å². The number of nitrogens with zero attached hydrogens (tertiary/aromatic N) is 2. The van der Waals surface area contributed by atoms with E-state index in [4.69, 9.17) is 10.6 Å². The Balaban J connectivity index is 2.34. The molecule has 0 bridgehead atoms. The molecule has 0 unspecified atom stereocenters. The van der Waals surface area contributed by atoms with Gasteiger partial charge in [0.15, 0.2) is 0 Å². The molecule has 1 heterocycles. The van der Waals surface area contributed by atoms with E-state index in [-0.39, 0.29) is 18.4 Å². The molecule has 0 saturated carbocycles. The fraction of sp³-hybridized carbons (Fsp3) is 0.188. The van der Waals surface area contributed by atoms with Crippen molar-refractivity contribution in [2.45, 2.75) is 13.8 Å². The van der Waals surface area contributed by atoms with Crippen LogP contribution in [-0.4, -0.2) is 22.7 Å². The molecule has 0 saturated heterocycles. The summed E-state index contributed by atoms with van der Waals surface area (Å²) in [7, 11) is 0. The van der Waals surface area contributed by atoms with E-state index >= 15 is 0 Å². The number of aromatic nitrogens is 2. The van der Waals surface area contributed by atoms with Crippen molar-refractivity contribution < 1.29 is 13.9 Å². The van der Waals surface area contributed by atoms with Gasteiger partial charge in [0.05, 0.1) is 18.0 Å². The van der Waals surface area contributed by atoms with E-state index in [1.807, 2.05) is 0 Å². The highest BCUT2D eigenvalue weighted by atomic mass is 19.1. The second kappa shape index (κ2) is 8.02. The lowest BCUT2D eigenvalue weighted by Crippen LogP contribution is -2.21. The summed E-state index contributed by atoms with van der Waals surface area (Å²) in [5.74, 6) is 5.38. The molecule has 7 nitrogen and oxygen atoms in total. The van der Waals surface area contributed by atoms with Gasteiger partial charge in [-0.2, -0.15) is 0 Å². The Hall–Kier alpha value is -3.00. The van der Waals surface area contributed by atoms with Gasteiger partial charge in [0.1, 0.15) is 5.82 Å². The van der Waals surface area contributed by atoms with E-state index in [1.54, 1.807) is 32.0 Å². The average molecular weight is 331 g/mol. The third kappa shape index (κ3) is 4.26. The van der Waals surface area contributed by atoms with E-state index in [9.17, 15) is 9.18 Å². The van der Waals surface area contributed by atoms with E-state index in [0.29, 0.717) is 22.5 Å². The number of benzene rings is 1. The number of nitrogens with two attached hydrogens (primary N) is 1. The molecule has 126 valence electrons. The maximum atomic E-state index is 13.1. The number of hydrogen-bond acceptors (Lipinski definition) is 6. The lowest BCUT2D eigenvalue weighted by Gasteiger charge is -2.12. The molecule has 0 radical (unpaired) electrons. The Morgan fingerprint density at radius 1 is 1.29 bits per heavy atom. The Labute approximate surface area is 138 Å². The Bertz CT molecular complexity index is 746. The van der Waals surface area contributed by atoms with Crippen LogP contribution < -0.4 is 16.6 Å². The van der Waals surface area contributed by atoms with Crippen LogP contribution in [0, 0.1) is 5.82 Å². The fourth-order valence-electron chi connectivity index (χ4n) is 2.04. The zero-order valence-electron chi connectivity index (χ0n) is 13.3. The molecular weight excluding hydrogens is 313 g/mol. The normalized spacial score (nSPS) is 11.5. The summed E-state index contributed by atoms with van der Waals surface area (Å²) in [5, 5.41) is 2.44. The first-order valence-corrected chi connectivity index (χ1v) is 7.25. The van der Waals surface area contributed by atoms with Crippen LogP contribution in [0.3, 0.4) is 0 Å². The van der Waals surface area contributed by atoms with Gasteiger partial charge < -0.3 is 10.2 Å². The molecule has 0 aliphatic rings. The number of hydrazine groups is 1. The highest BCUT2D eigenvalue weighted by Crippen LogP contribution is 2.22. The van der Waals surface area contributed by atoms with Gasteiger partial charge in [-0.15, -0.1) is 0 Å². The maximum absolute atomic E-state index is 13.1. The fourth-order valence-corrected chi connectivity index (χ4v) is 2.04. The van der Waals surface area contributed by atoms with Gasteiger partial charge in [-0.3, -0.25) is 11.2 Å². The third-order valence-electron chi connectivity index (χ3n) is 3.18. The summed E-state index contributed by atoms with van der Waals surface area (Å²) < 4.78 is 17.9. The number of allylic oxidation sites excluding steroid dienone is 1. The van der Waals surface area contributed by atoms with Crippen LogP contribution in [0.2, 0.25) is 0 Å². The summed E-state index contributed by atoms with van der Waals surface area (Å²) in [4.78, 5) is 19.7. The number of hydrogen-bond donors (Lipinski definition) is 3. The standard InChI is InChI=1S/C16H18FN5O2/c1-3-24-16(23)21-15-19-9-8-13(20-15)10(2)14(22-18)11-4-6-12(17)7-5-11/h4-9,22H,3,18H2,1-2H3,(H,19,20,21,23)/b14-10+. The van der Waals surface area contributed by atoms with Crippen LogP contribution in [0.1, 0.15) is 25.1 Å². The second-order valence-corrected chi connectivity index (χ2v) is 4.76. The first-order chi connectivity index (χ1) is 11.5. The van der Waals surface area contributed by atoms with Crippen LogP contribution in [0.25, 0.3) is 11.3 Å². The Kier molecular flexibility index (Phi) is 5.80. The SMILES string of the molecule is CCOC(=O)Nc1nccc(/C(C)=C(/NN)c2ccc(F)cc2)n1. The minimum absolute atomic E-state index is 0.112. The topological polar surface area (TPSA) is 102 Å². The second-order valence-electron chi connectivity index (χ2n) is 4.76. The van der Waals surface area contributed by atoms with Crippen molar-refractivity contribution >= 4 is 23.3 Å². The molecule has 4 N–H and O–H groups in total. The van der Waals surface area contributed by atoms with Crippen LogP contribution in [-0.2, 0) is 4.74 Å². The number of ether oxygens (including phenoxy) is 1. The lowest BCUT2D eigenvalue weighted by atomic mass is 10.1. The summed E-state index contributed by atoms with van der Waals surface area (Å²) in [6.45, 7) is 3.75. The van der Waals surface area contributed by atoms with Crippen LogP contribution >= 0.6 is 0 Å². The number of carbonyl (C=O) groups is 1. The number of halogens is 1. The molecule has 1 aromatic carbocycles.